The topological polar surface area (TPSA) is 6.48 Å². The smallest absolute Gasteiger partial charge is 0.0548 e. The minimum atomic E-state index is 1.17. The van der Waals surface area contributed by atoms with Crippen molar-refractivity contribution in [2.45, 2.75) is 0 Å². The van der Waals surface area contributed by atoms with Crippen LogP contribution >= 0.6 is 0 Å². The molecule has 0 fully saturated rings. The zero-order chi connectivity index (χ0) is 35.3. The molecule has 2 nitrogen and oxygen atoms in total. The van der Waals surface area contributed by atoms with Gasteiger partial charge < -0.3 is 9.80 Å². The Morgan fingerprint density at radius 1 is 0.204 bits per heavy atom. The van der Waals surface area contributed by atoms with Gasteiger partial charge in [-0.1, -0.05) is 158 Å². The highest BCUT2D eigenvalue weighted by Crippen LogP contribution is 2.61. The maximum absolute atomic E-state index is 2.53. The molecular formula is C52H32N2. The fourth-order valence-corrected chi connectivity index (χ4v) is 9.53. The molecular weight excluding hydrogens is 653 g/mol. The van der Waals surface area contributed by atoms with Crippen molar-refractivity contribution in [2.24, 2.45) is 0 Å². The van der Waals surface area contributed by atoms with E-state index in [9.17, 15) is 0 Å². The number of anilines is 6. The van der Waals surface area contributed by atoms with Crippen molar-refractivity contribution < 1.29 is 0 Å². The largest absolute Gasteiger partial charge is 0.309 e. The molecule has 0 bridgehead atoms. The highest BCUT2D eigenvalue weighted by atomic mass is 15.2. The predicted octanol–water partition coefficient (Wildman–Crippen LogP) is 14.7. The third-order valence-corrected chi connectivity index (χ3v) is 11.7. The first-order valence-corrected chi connectivity index (χ1v) is 18.7. The molecule has 0 amide bonds. The third-order valence-electron chi connectivity index (χ3n) is 11.7. The highest BCUT2D eigenvalue weighted by molar-refractivity contribution is 6.23. The Bertz CT molecular complexity index is 2690. The van der Waals surface area contributed by atoms with Crippen molar-refractivity contribution in [1.82, 2.24) is 0 Å². The zero-order valence-electron chi connectivity index (χ0n) is 29.4. The Labute approximate surface area is 314 Å². The fourth-order valence-electron chi connectivity index (χ4n) is 9.53. The Hall–Kier alpha value is -7.16. The molecule has 2 heterocycles. The van der Waals surface area contributed by atoms with Gasteiger partial charge in [0.2, 0.25) is 0 Å². The summed E-state index contributed by atoms with van der Waals surface area (Å²) in [6, 6.07) is 71.7. The maximum Gasteiger partial charge on any atom is 0.0548 e. The summed E-state index contributed by atoms with van der Waals surface area (Å²) in [5.74, 6) is 0. The first-order valence-electron chi connectivity index (χ1n) is 18.7. The number of benzene rings is 9. The molecule has 54 heavy (non-hydrogen) atoms. The summed E-state index contributed by atoms with van der Waals surface area (Å²) in [5.41, 5.74) is 22.0. The summed E-state index contributed by atoms with van der Waals surface area (Å²) in [6.45, 7) is 0. The Morgan fingerprint density at radius 2 is 0.481 bits per heavy atom. The molecule has 0 atom stereocenters. The van der Waals surface area contributed by atoms with Gasteiger partial charge in [0, 0.05) is 33.4 Å². The lowest BCUT2D eigenvalue weighted by Gasteiger charge is -2.33. The summed E-state index contributed by atoms with van der Waals surface area (Å²) in [4.78, 5) is 5.05. The van der Waals surface area contributed by atoms with Gasteiger partial charge in [0.25, 0.3) is 0 Å². The molecule has 0 radical (unpaired) electrons. The van der Waals surface area contributed by atoms with Gasteiger partial charge in [0.05, 0.1) is 34.1 Å². The molecule has 9 aromatic rings. The monoisotopic (exact) mass is 684 g/mol. The average Bonchev–Trinajstić information content (AvgIpc) is 3.45. The van der Waals surface area contributed by atoms with Gasteiger partial charge in [0.1, 0.15) is 0 Å². The third kappa shape index (κ3) is 3.94. The molecule has 250 valence electrons. The van der Waals surface area contributed by atoms with Crippen LogP contribution in [0.3, 0.4) is 0 Å². The van der Waals surface area contributed by atoms with Crippen LogP contribution < -0.4 is 9.80 Å². The van der Waals surface area contributed by atoms with Crippen molar-refractivity contribution >= 4 is 44.9 Å². The van der Waals surface area contributed by atoms with Crippen LogP contribution in [0, 0.1) is 0 Å². The minimum Gasteiger partial charge on any atom is -0.309 e. The number of rotatable bonds is 2. The van der Waals surface area contributed by atoms with E-state index in [1.54, 1.807) is 0 Å². The molecule has 0 aromatic heterocycles. The Kier molecular flexibility index (Phi) is 6.09. The van der Waals surface area contributed by atoms with Crippen LogP contribution in [-0.2, 0) is 0 Å². The first-order chi connectivity index (χ1) is 26.8. The van der Waals surface area contributed by atoms with Crippen molar-refractivity contribution in [3.05, 3.63) is 194 Å². The van der Waals surface area contributed by atoms with Crippen molar-refractivity contribution in [1.29, 1.82) is 0 Å². The predicted molar refractivity (Wildman–Crippen MR) is 227 cm³/mol. The molecule has 0 spiro atoms. The van der Waals surface area contributed by atoms with Gasteiger partial charge in [-0.2, -0.15) is 0 Å². The molecule has 3 aliphatic rings. The summed E-state index contributed by atoms with van der Waals surface area (Å²) in [5, 5.41) is 2.56. The molecule has 2 aliphatic heterocycles. The number of para-hydroxylation sites is 4. The summed E-state index contributed by atoms with van der Waals surface area (Å²) in [6.07, 6.45) is 0. The SMILES string of the molecule is c1ccc2c(c1)-c1ccccc1N(c1ccc(N3c4ccccc4-c4ccccc4-c4ccccc43)c3c1-c1cccc4cccc-3c14)c1ccccc1-2. The first kappa shape index (κ1) is 29.4. The van der Waals surface area contributed by atoms with Crippen LogP contribution in [0.2, 0.25) is 0 Å². The van der Waals surface area contributed by atoms with Crippen LogP contribution in [0.5, 0.6) is 0 Å². The van der Waals surface area contributed by atoms with E-state index in [1.807, 2.05) is 0 Å². The molecule has 0 unspecified atom stereocenters. The van der Waals surface area contributed by atoms with Gasteiger partial charge in [-0.05, 0) is 80.6 Å². The van der Waals surface area contributed by atoms with E-state index in [2.05, 4.69) is 204 Å². The maximum atomic E-state index is 2.53. The second kappa shape index (κ2) is 11.2. The minimum absolute atomic E-state index is 1.17. The van der Waals surface area contributed by atoms with Gasteiger partial charge in [-0.3, -0.25) is 0 Å². The van der Waals surface area contributed by atoms with E-state index in [-0.39, 0.29) is 0 Å². The lowest BCUT2D eigenvalue weighted by Crippen LogP contribution is -2.15. The standard InChI is InChI=1S/C52H32N2/c1-2-18-35-34(17-1)38-21-5-9-27-44(38)53(45-28-10-6-22-39(35)45)48-31-32-49(52-43-26-14-16-33-15-13-25-42(50(33)43)51(48)52)54-46-29-11-7-23-40(46)36-19-3-4-20-37(36)41-24-8-12-30-47(41)54/h1-32H. The molecule has 1 aliphatic carbocycles. The lowest BCUT2D eigenvalue weighted by atomic mass is 9.95. The molecule has 0 saturated carbocycles. The van der Waals surface area contributed by atoms with E-state index in [1.165, 1.54) is 112 Å². The fraction of sp³-hybridized carbons (Fsp3) is 0. The van der Waals surface area contributed by atoms with E-state index >= 15 is 0 Å². The van der Waals surface area contributed by atoms with Crippen LogP contribution in [0.15, 0.2) is 194 Å². The van der Waals surface area contributed by atoms with Gasteiger partial charge in [-0.15, -0.1) is 0 Å². The highest BCUT2D eigenvalue weighted by Gasteiger charge is 2.35. The number of hydrogen-bond donors (Lipinski definition) is 0. The quantitative estimate of drug-likeness (QED) is 0.179. The Balaban J connectivity index is 1.21. The molecule has 2 heteroatoms. The Morgan fingerprint density at radius 3 is 0.815 bits per heavy atom. The van der Waals surface area contributed by atoms with Crippen LogP contribution in [0.1, 0.15) is 0 Å². The zero-order valence-corrected chi connectivity index (χ0v) is 29.4. The van der Waals surface area contributed by atoms with Crippen LogP contribution in [0.4, 0.5) is 34.1 Å². The van der Waals surface area contributed by atoms with Gasteiger partial charge in [0.15, 0.2) is 0 Å². The van der Waals surface area contributed by atoms with E-state index < -0.39 is 0 Å². The van der Waals surface area contributed by atoms with Crippen molar-refractivity contribution in [2.75, 3.05) is 9.80 Å². The van der Waals surface area contributed by atoms with Crippen molar-refractivity contribution in [3.8, 4) is 66.8 Å². The molecule has 12 rings (SSSR count). The van der Waals surface area contributed by atoms with Gasteiger partial charge in [-0.25, -0.2) is 0 Å². The summed E-state index contributed by atoms with van der Waals surface area (Å²) in [7, 11) is 0. The van der Waals surface area contributed by atoms with Gasteiger partial charge >= 0.3 is 0 Å². The summed E-state index contributed by atoms with van der Waals surface area (Å²) < 4.78 is 0. The second-order valence-electron chi connectivity index (χ2n) is 14.4. The summed E-state index contributed by atoms with van der Waals surface area (Å²) >= 11 is 0. The molecule has 0 N–H and O–H groups in total. The van der Waals surface area contributed by atoms with Crippen molar-refractivity contribution in [3.63, 3.8) is 0 Å². The molecule has 0 saturated heterocycles. The average molecular weight is 685 g/mol. The number of fused-ring (bicyclic) bond motifs is 13. The number of hydrogen-bond acceptors (Lipinski definition) is 2. The van der Waals surface area contributed by atoms with Crippen LogP contribution in [-0.4, -0.2) is 0 Å². The molecule has 9 aromatic carbocycles. The normalized spacial score (nSPS) is 12.7. The lowest BCUT2D eigenvalue weighted by molar-refractivity contribution is 1.27. The number of nitrogens with zero attached hydrogens (tertiary/aromatic N) is 2. The van der Waals surface area contributed by atoms with E-state index in [0.717, 1.165) is 0 Å². The van der Waals surface area contributed by atoms with E-state index in [4.69, 9.17) is 0 Å². The second-order valence-corrected chi connectivity index (χ2v) is 14.4. The van der Waals surface area contributed by atoms with E-state index in [0.29, 0.717) is 0 Å². The van der Waals surface area contributed by atoms with Crippen LogP contribution in [0.25, 0.3) is 77.5 Å².